The number of nitrogens with zero attached hydrogens (tertiary/aromatic N) is 2. The fourth-order valence-corrected chi connectivity index (χ4v) is 4.55. The van der Waals surface area contributed by atoms with E-state index in [1.165, 1.54) is 20.3 Å². The highest BCUT2D eigenvalue weighted by Gasteiger charge is 2.30. The molecule has 8 nitrogen and oxygen atoms in total. The summed E-state index contributed by atoms with van der Waals surface area (Å²) in [4.78, 5) is 14.4. The van der Waals surface area contributed by atoms with Crippen molar-refractivity contribution in [1.29, 1.82) is 0 Å². The minimum atomic E-state index is -3.72. The van der Waals surface area contributed by atoms with Gasteiger partial charge >= 0.3 is 5.97 Å². The fraction of sp³-hybridized carbons (Fsp3) is 0.130. The Bertz CT molecular complexity index is 1320. The van der Waals surface area contributed by atoms with Crippen LogP contribution in [0.5, 0.6) is 17.2 Å². The lowest BCUT2D eigenvalue weighted by Gasteiger charge is -2.19. The Balaban J connectivity index is 1.52. The van der Waals surface area contributed by atoms with Crippen molar-refractivity contribution >= 4 is 27.5 Å². The standard InChI is InChI=1S/C23H20N2O6S/c1-25(22-18-6-4-5-7-21(18)32(27,28)24-22)16-9-11-17(12-10-16)31-23(26)15-8-13-19(29-2)20(14-15)30-3/h4-14H,1-3H3. The van der Waals surface area contributed by atoms with Gasteiger partial charge in [0, 0.05) is 18.3 Å². The summed E-state index contributed by atoms with van der Waals surface area (Å²) < 4.78 is 44.4. The zero-order valence-corrected chi connectivity index (χ0v) is 18.4. The van der Waals surface area contributed by atoms with E-state index in [9.17, 15) is 13.2 Å². The number of hydrogen-bond donors (Lipinski definition) is 0. The molecule has 9 heteroatoms. The summed E-state index contributed by atoms with van der Waals surface area (Å²) in [5.74, 6) is 1.05. The number of amidine groups is 1. The second-order valence-corrected chi connectivity index (χ2v) is 8.47. The Kier molecular flexibility index (Phi) is 5.58. The number of carbonyl (C=O) groups excluding carboxylic acids is 1. The van der Waals surface area contributed by atoms with Gasteiger partial charge < -0.3 is 19.1 Å². The Hall–Kier alpha value is -3.85. The third kappa shape index (κ3) is 3.90. The molecular formula is C23H20N2O6S. The van der Waals surface area contributed by atoms with Crippen molar-refractivity contribution in [3.8, 4) is 17.2 Å². The third-order valence-corrected chi connectivity index (χ3v) is 6.31. The second kappa shape index (κ2) is 8.35. The molecule has 0 amide bonds. The van der Waals surface area contributed by atoms with E-state index in [-0.39, 0.29) is 4.90 Å². The van der Waals surface area contributed by atoms with E-state index in [0.717, 1.165) is 0 Å². The van der Waals surface area contributed by atoms with Crippen molar-refractivity contribution in [2.24, 2.45) is 4.40 Å². The summed E-state index contributed by atoms with van der Waals surface area (Å²) in [5, 5.41) is 0. The van der Waals surface area contributed by atoms with Crippen molar-refractivity contribution in [3.63, 3.8) is 0 Å². The molecule has 0 aromatic heterocycles. The monoisotopic (exact) mass is 452 g/mol. The number of sulfonamides is 1. The highest BCUT2D eigenvalue weighted by Crippen LogP contribution is 2.31. The van der Waals surface area contributed by atoms with Crippen LogP contribution in [0.25, 0.3) is 0 Å². The average Bonchev–Trinajstić information content (AvgIpc) is 3.09. The quantitative estimate of drug-likeness (QED) is 0.432. The van der Waals surface area contributed by atoms with Gasteiger partial charge in [0.1, 0.15) is 10.6 Å². The summed E-state index contributed by atoms with van der Waals surface area (Å²) in [6.45, 7) is 0. The number of hydrogen-bond acceptors (Lipinski definition) is 7. The van der Waals surface area contributed by atoms with Crippen LogP contribution in [0.2, 0.25) is 0 Å². The van der Waals surface area contributed by atoms with Crippen LogP contribution in [0.4, 0.5) is 5.69 Å². The van der Waals surface area contributed by atoms with E-state index in [2.05, 4.69) is 4.40 Å². The number of esters is 1. The van der Waals surface area contributed by atoms with E-state index in [1.807, 2.05) is 0 Å². The lowest BCUT2D eigenvalue weighted by atomic mass is 10.1. The number of carbonyl (C=O) groups is 1. The first-order valence-electron chi connectivity index (χ1n) is 9.56. The van der Waals surface area contributed by atoms with Crippen LogP contribution in [0.15, 0.2) is 76.0 Å². The predicted molar refractivity (Wildman–Crippen MR) is 120 cm³/mol. The van der Waals surface area contributed by atoms with Gasteiger partial charge in [0.05, 0.1) is 19.8 Å². The van der Waals surface area contributed by atoms with E-state index in [4.69, 9.17) is 14.2 Å². The smallest absolute Gasteiger partial charge is 0.343 e. The van der Waals surface area contributed by atoms with Gasteiger partial charge in [-0.15, -0.1) is 4.40 Å². The van der Waals surface area contributed by atoms with Gasteiger partial charge in [-0.2, -0.15) is 8.42 Å². The Labute approximate surface area is 185 Å². The molecule has 1 aliphatic heterocycles. The Morgan fingerprint density at radius 3 is 2.28 bits per heavy atom. The fourth-order valence-electron chi connectivity index (χ4n) is 3.32. The molecule has 164 valence electrons. The first kappa shape index (κ1) is 21.4. The van der Waals surface area contributed by atoms with Gasteiger partial charge in [-0.3, -0.25) is 0 Å². The molecule has 0 atom stereocenters. The number of ether oxygens (including phenoxy) is 3. The molecule has 32 heavy (non-hydrogen) atoms. The largest absolute Gasteiger partial charge is 0.493 e. The van der Waals surface area contributed by atoms with Crippen LogP contribution >= 0.6 is 0 Å². The van der Waals surface area contributed by atoms with Crippen LogP contribution in [0, 0.1) is 0 Å². The average molecular weight is 452 g/mol. The minimum Gasteiger partial charge on any atom is -0.493 e. The lowest BCUT2D eigenvalue weighted by Crippen LogP contribution is -2.25. The molecule has 0 fully saturated rings. The van der Waals surface area contributed by atoms with E-state index < -0.39 is 16.0 Å². The van der Waals surface area contributed by atoms with Crippen molar-refractivity contribution in [2.75, 3.05) is 26.2 Å². The van der Waals surface area contributed by atoms with Gasteiger partial charge in [0.25, 0.3) is 10.0 Å². The second-order valence-electron chi connectivity index (χ2n) is 6.90. The molecule has 1 aliphatic rings. The zero-order valence-electron chi connectivity index (χ0n) is 17.6. The topological polar surface area (TPSA) is 94.5 Å². The molecule has 0 aliphatic carbocycles. The molecule has 0 N–H and O–H groups in total. The van der Waals surface area contributed by atoms with Gasteiger partial charge in [-0.1, -0.05) is 12.1 Å². The highest BCUT2D eigenvalue weighted by atomic mass is 32.2. The first-order valence-corrected chi connectivity index (χ1v) is 11.0. The first-order chi connectivity index (χ1) is 15.3. The van der Waals surface area contributed by atoms with Crippen molar-refractivity contribution in [3.05, 3.63) is 77.9 Å². The van der Waals surface area contributed by atoms with Crippen molar-refractivity contribution in [2.45, 2.75) is 4.90 Å². The maximum atomic E-state index is 12.5. The normalized spacial score (nSPS) is 13.7. The number of anilines is 1. The van der Waals surface area contributed by atoms with Crippen LogP contribution in [-0.4, -0.2) is 41.5 Å². The number of rotatable bonds is 5. The number of benzene rings is 3. The predicted octanol–water partition coefficient (Wildman–Crippen LogP) is 3.51. The summed E-state index contributed by atoms with van der Waals surface area (Å²) in [6.07, 6.45) is 0. The van der Waals surface area contributed by atoms with Crippen molar-refractivity contribution < 1.29 is 27.4 Å². The molecule has 0 spiro atoms. The number of methoxy groups -OCH3 is 2. The van der Waals surface area contributed by atoms with Crippen LogP contribution in [-0.2, 0) is 10.0 Å². The number of fused-ring (bicyclic) bond motifs is 1. The molecule has 0 radical (unpaired) electrons. The maximum Gasteiger partial charge on any atom is 0.343 e. The molecule has 0 bridgehead atoms. The van der Waals surface area contributed by atoms with E-state index in [0.29, 0.717) is 39.9 Å². The molecule has 0 saturated carbocycles. The van der Waals surface area contributed by atoms with Crippen molar-refractivity contribution in [1.82, 2.24) is 0 Å². The summed E-state index contributed by atoms with van der Waals surface area (Å²) in [6, 6.07) is 18.1. The maximum absolute atomic E-state index is 12.5. The van der Waals surface area contributed by atoms with E-state index >= 15 is 0 Å². The molecular weight excluding hydrogens is 432 g/mol. The van der Waals surface area contributed by atoms with Gasteiger partial charge in [-0.25, -0.2) is 4.79 Å². The Morgan fingerprint density at radius 1 is 0.906 bits per heavy atom. The molecule has 1 heterocycles. The van der Waals surface area contributed by atoms with E-state index in [1.54, 1.807) is 72.6 Å². The summed E-state index contributed by atoms with van der Waals surface area (Å²) in [5.41, 5.74) is 1.53. The van der Waals surface area contributed by atoms with Gasteiger partial charge in [-0.05, 0) is 54.6 Å². The molecule has 3 aromatic rings. The lowest BCUT2D eigenvalue weighted by molar-refractivity contribution is 0.0734. The van der Waals surface area contributed by atoms with Crippen LogP contribution < -0.4 is 19.1 Å². The van der Waals surface area contributed by atoms with Crippen LogP contribution in [0.1, 0.15) is 15.9 Å². The van der Waals surface area contributed by atoms with Gasteiger partial charge in [0.2, 0.25) is 0 Å². The van der Waals surface area contributed by atoms with Gasteiger partial charge in [0.15, 0.2) is 17.3 Å². The Morgan fingerprint density at radius 2 is 1.59 bits per heavy atom. The molecule has 0 saturated heterocycles. The minimum absolute atomic E-state index is 0.183. The third-order valence-electron chi connectivity index (χ3n) is 4.98. The summed E-state index contributed by atoms with van der Waals surface area (Å²) >= 11 is 0. The zero-order chi connectivity index (χ0) is 22.9. The highest BCUT2D eigenvalue weighted by molar-refractivity contribution is 7.90. The molecule has 4 rings (SSSR count). The SMILES string of the molecule is COc1ccc(C(=O)Oc2ccc(N(C)C3=NS(=O)(=O)c4ccccc43)cc2)cc1OC. The molecule has 3 aromatic carbocycles. The molecule has 0 unspecified atom stereocenters. The summed E-state index contributed by atoms with van der Waals surface area (Å²) in [7, 11) is 1.01. The van der Waals surface area contributed by atoms with Crippen LogP contribution in [0.3, 0.4) is 0 Å².